The van der Waals surface area contributed by atoms with Crippen LogP contribution in [0.15, 0.2) is 58.0 Å². The molecule has 288 valence electrons. The highest BCUT2D eigenvalue weighted by Crippen LogP contribution is 2.34. The van der Waals surface area contributed by atoms with E-state index in [1.54, 1.807) is 30.6 Å². The Morgan fingerprint density at radius 1 is 0.800 bits per heavy atom. The van der Waals surface area contributed by atoms with E-state index in [0.29, 0.717) is 57.5 Å². The third-order valence-electron chi connectivity index (χ3n) is 8.33. The topological polar surface area (TPSA) is 169 Å². The van der Waals surface area contributed by atoms with Crippen molar-refractivity contribution in [3.63, 3.8) is 0 Å². The van der Waals surface area contributed by atoms with E-state index in [1.165, 1.54) is 22.4 Å². The molecule has 55 heavy (non-hydrogen) atoms. The van der Waals surface area contributed by atoms with Gasteiger partial charge in [0.1, 0.15) is 11.5 Å². The maximum atomic E-state index is 12.0. The lowest BCUT2D eigenvalue weighted by Crippen LogP contribution is -2.08. The van der Waals surface area contributed by atoms with Gasteiger partial charge in [-0.15, -0.1) is 0 Å². The van der Waals surface area contributed by atoms with Crippen LogP contribution in [0.25, 0.3) is 11.3 Å². The van der Waals surface area contributed by atoms with Crippen LogP contribution in [0.1, 0.15) is 57.1 Å². The fourth-order valence-corrected chi connectivity index (χ4v) is 7.25. The Balaban J connectivity index is 0.000000155. The van der Waals surface area contributed by atoms with Crippen LogP contribution in [0.2, 0.25) is 15.3 Å². The van der Waals surface area contributed by atoms with E-state index in [4.69, 9.17) is 59.5 Å². The average Bonchev–Trinajstić information content (AvgIpc) is 4.00. The molecular formula is C36H33Br2Cl3N8O6. The molecule has 0 unspecified atom stereocenters. The molecule has 0 amide bonds. The van der Waals surface area contributed by atoms with Crippen LogP contribution in [0.5, 0.6) is 11.5 Å². The molecule has 2 aromatic carbocycles. The van der Waals surface area contributed by atoms with E-state index in [-0.39, 0.29) is 23.3 Å². The van der Waals surface area contributed by atoms with Crippen molar-refractivity contribution in [1.82, 2.24) is 28.7 Å². The smallest absolute Gasteiger partial charge is 0.358 e. The molecule has 0 aliphatic carbocycles. The van der Waals surface area contributed by atoms with Crippen molar-refractivity contribution >= 4 is 95.8 Å². The molecule has 14 nitrogen and oxygen atoms in total. The third-order valence-corrected chi connectivity index (χ3v) is 10.4. The minimum absolute atomic E-state index is 0.206. The quantitative estimate of drug-likeness (QED) is 0.112. The van der Waals surface area contributed by atoms with Crippen molar-refractivity contribution in [2.45, 2.75) is 39.8 Å². The van der Waals surface area contributed by atoms with Crippen molar-refractivity contribution < 1.29 is 28.5 Å². The van der Waals surface area contributed by atoms with Gasteiger partial charge in [0.15, 0.2) is 22.7 Å². The first kappa shape index (κ1) is 40.5. The summed E-state index contributed by atoms with van der Waals surface area (Å²) in [6, 6.07) is 7.48. The maximum absolute atomic E-state index is 12.0. The van der Waals surface area contributed by atoms with Crippen LogP contribution in [0, 0.1) is 0 Å². The standard InChI is InChI=1S/C18H16BrClN4O3.C9H7BrClN3O2.C9H10ClNO/c1-2-26-17(25)14-9-24-16(23-14)12(19)8-22-18(24)21-7-11-10-5-6-27-15(10)4-3-13(11)20;1-2-16-8(15)6-4-14-7(13-6)5(10)3-12-9(14)11;10-8-1-2-9-6(3-4-12-9)7(8)5-11/h3-4,8-9H,2,5-7H2,1H3,(H,21,22);3-4H,2H2,1H3;1-2H,3-5,11H2. The highest BCUT2D eigenvalue weighted by atomic mass is 79.9. The summed E-state index contributed by atoms with van der Waals surface area (Å²) in [5.74, 6) is 1.41. The normalized spacial score (nSPS) is 12.4. The van der Waals surface area contributed by atoms with Gasteiger partial charge in [-0.1, -0.05) is 23.2 Å². The number of imidazole rings is 2. The lowest BCUT2D eigenvalue weighted by Gasteiger charge is -2.12. The molecule has 0 saturated carbocycles. The summed E-state index contributed by atoms with van der Waals surface area (Å²) in [6.45, 7) is 6.46. The molecule has 6 heterocycles. The molecule has 0 bridgehead atoms. The Kier molecular flexibility index (Phi) is 13.4. The number of esters is 2. The molecule has 6 aromatic rings. The number of aromatic nitrogens is 6. The van der Waals surface area contributed by atoms with Crippen LogP contribution in [-0.2, 0) is 35.4 Å². The molecule has 2 aliphatic rings. The van der Waals surface area contributed by atoms with Gasteiger partial charge in [-0.05, 0) is 92.7 Å². The summed E-state index contributed by atoms with van der Waals surface area (Å²) < 4.78 is 25.4. The number of hydrogen-bond donors (Lipinski definition) is 2. The Labute approximate surface area is 346 Å². The number of rotatable bonds is 8. The fraction of sp³-hybridized carbons (Fsp3) is 0.278. The van der Waals surface area contributed by atoms with Gasteiger partial charge in [-0.2, -0.15) is 0 Å². The van der Waals surface area contributed by atoms with Gasteiger partial charge >= 0.3 is 11.9 Å². The number of carbonyl (C=O) groups is 2. The van der Waals surface area contributed by atoms with Gasteiger partial charge < -0.3 is 30.0 Å². The number of carbonyl (C=O) groups excluding carboxylic acids is 2. The Morgan fingerprint density at radius 3 is 1.85 bits per heavy atom. The number of halogens is 5. The monoisotopic (exact) mass is 936 g/mol. The van der Waals surface area contributed by atoms with Crippen LogP contribution in [-0.4, -0.2) is 67.1 Å². The van der Waals surface area contributed by atoms with Gasteiger partial charge in [0.05, 0.1) is 35.4 Å². The maximum Gasteiger partial charge on any atom is 0.358 e. The van der Waals surface area contributed by atoms with E-state index in [2.05, 4.69) is 57.1 Å². The minimum Gasteiger partial charge on any atom is -0.493 e. The van der Waals surface area contributed by atoms with E-state index in [0.717, 1.165) is 52.7 Å². The van der Waals surface area contributed by atoms with Gasteiger partial charge in [0, 0.05) is 71.9 Å². The Morgan fingerprint density at radius 2 is 1.31 bits per heavy atom. The lowest BCUT2D eigenvalue weighted by atomic mass is 10.1. The molecule has 19 heteroatoms. The van der Waals surface area contributed by atoms with Crippen molar-refractivity contribution in [2.75, 3.05) is 31.7 Å². The van der Waals surface area contributed by atoms with E-state index >= 15 is 0 Å². The molecular weight excluding hydrogens is 907 g/mol. The highest BCUT2D eigenvalue weighted by Gasteiger charge is 2.21. The van der Waals surface area contributed by atoms with Crippen LogP contribution < -0.4 is 20.5 Å². The second-order valence-corrected chi connectivity index (χ2v) is 14.5. The number of anilines is 1. The third kappa shape index (κ3) is 8.95. The summed E-state index contributed by atoms with van der Waals surface area (Å²) in [5, 5.41) is 4.95. The van der Waals surface area contributed by atoms with Crippen molar-refractivity contribution in [3.8, 4) is 11.5 Å². The zero-order chi connectivity index (χ0) is 39.2. The fourth-order valence-electron chi connectivity index (χ4n) is 5.81. The summed E-state index contributed by atoms with van der Waals surface area (Å²) >= 11 is 24.9. The number of ether oxygens (including phenoxy) is 4. The number of nitrogens with two attached hydrogens (primary N) is 1. The molecule has 8 rings (SSSR count). The van der Waals surface area contributed by atoms with Gasteiger partial charge in [-0.3, -0.25) is 8.80 Å². The van der Waals surface area contributed by atoms with E-state index < -0.39 is 11.9 Å². The molecule has 0 atom stereocenters. The largest absolute Gasteiger partial charge is 0.493 e. The number of hydrogen-bond acceptors (Lipinski definition) is 12. The van der Waals surface area contributed by atoms with Crippen molar-refractivity contribution in [3.05, 3.63) is 107 Å². The second kappa shape index (κ2) is 18.2. The SMILES string of the molecule is CCOC(=O)c1cn2c(Cl)ncc(Br)c2n1.CCOC(=O)c1cn2c(NCc3c(Cl)ccc4c3CCO4)ncc(Br)c2n1.NCc1c(Cl)ccc2c1CCO2. The molecule has 0 fully saturated rings. The summed E-state index contributed by atoms with van der Waals surface area (Å²) in [6.07, 6.45) is 8.02. The minimum atomic E-state index is -0.478. The van der Waals surface area contributed by atoms with Crippen LogP contribution >= 0.6 is 66.7 Å². The van der Waals surface area contributed by atoms with Crippen LogP contribution in [0.4, 0.5) is 5.95 Å². The zero-order valence-corrected chi connectivity index (χ0v) is 34.8. The number of fused-ring (bicyclic) bond motifs is 4. The predicted octanol–water partition coefficient (Wildman–Crippen LogP) is 7.92. The molecule has 0 saturated heterocycles. The lowest BCUT2D eigenvalue weighted by molar-refractivity contribution is 0.0511. The first-order valence-electron chi connectivity index (χ1n) is 16.9. The molecule has 2 aliphatic heterocycles. The van der Waals surface area contributed by atoms with Crippen molar-refractivity contribution in [1.29, 1.82) is 0 Å². The van der Waals surface area contributed by atoms with E-state index in [1.807, 2.05) is 24.3 Å². The number of benzene rings is 2. The summed E-state index contributed by atoms with van der Waals surface area (Å²) in [4.78, 5) is 40.2. The Bertz CT molecular complexity index is 2350. The summed E-state index contributed by atoms with van der Waals surface area (Å²) in [7, 11) is 0. The van der Waals surface area contributed by atoms with Crippen molar-refractivity contribution in [2.24, 2.45) is 5.73 Å². The number of nitrogens with zero attached hydrogens (tertiary/aromatic N) is 6. The molecule has 0 spiro atoms. The second-order valence-electron chi connectivity index (χ2n) is 11.6. The summed E-state index contributed by atoms with van der Waals surface area (Å²) in [5.41, 5.74) is 11.4. The number of nitrogens with one attached hydrogen (secondary N) is 1. The molecule has 3 N–H and O–H groups in total. The van der Waals surface area contributed by atoms with E-state index in [9.17, 15) is 9.59 Å². The highest BCUT2D eigenvalue weighted by molar-refractivity contribution is 9.11. The first-order valence-corrected chi connectivity index (χ1v) is 19.6. The zero-order valence-electron chi connectivity index (χ0n) is 29.4. The van der Waals surface area contributed by atoms with Gasteiger partial charge in [-0.25, -0.2) is 29.5 Å². The van der Waals surface area contributed by atoms with Gasteiger partial charge in [0.2, 0.25) is 11.2 Å². The van der Waals surface area contributed by atoms with Gasteiger partial charge in [0.25, 0.3) is 0 Å². The average molecular weight is 940 g/mol. The predicted molar refractivity (Wildman–Crippen MR) is 215 cm³/mol. The Hall–Kier alpha value is -4.19. The molecule has 4 aromatic heterocycles. The first-order chi connectivity index (χ1) is 26.5. The molecule has 0 radical (unpaired) electrons. The van der Waals surface area contributed by atoms with Crippen LogP contribution in [0.3, 0.4) is 0 Å².